The zero-order chi connectivity index (χ0) is 17.0. The van der Waals surface area contributed by atoms with Crippen molar-refractivity contribution in [3.05, 3.63) is 45.6 Å². The van der Waals surface area contributed by atoms with Crippen molar-refractivity contribution in [1.29, 1.82) is 0 Å². The minimum Gasteiger partial charge on any atom is -0.505 e. The summed E-state index contributed by atoms with van der Waals surface area (Å²) >= 11 is 7.16. The lowest BCUT2D eigenvalue weighted by Gasteiger charge is -2.17. The second-order valence-corrected chi connectivity index (χ2v) is 7.49. The Hall–Kier alpha value is -1.61. The van der Waals surface area contributed by atoms with Gasteiger partial charge in [-0.25, -0.2) is 8.42 Å². The normalized spacial score (nSPS) is 12.8. The highest BCUT2D eigenvalue weighted by Crippen LogP contribution is 2.30. The molecule has 0 aliphatic heterocycles. The molecule has 1 heterocycles. The highest BCUT2D eigenvalue weighted by atomic mass is 35.5. The van der Waals surface area contributed by atoms with Gasteiger partial charge in [-0.2, -0.15) is 16.1 Å². The van der Waals surface area contributed by atoms with Gasteiger partial charge < -0.3 is 9.84 Å². The molecule has 0 saturated carbocycles. The molecule has 0 bridgehead atoms. The highest BCUT2D eigenvalue weighted by Gasteiger charge is 2.29. The van der Waals surface area contributed by atoms with E-state index < -0.39 is 32.7 Å². The molecular formula is C14H14ClNO5S2. The minimum atomic E-state index is -4.15. The maximum atomic E-state index is 12.4. The molecule has 0 spiro atoms. The maximum Gasteiger partial charge on any atom is 0.324 e. The van der Waals surface area contributed by atoms with Crippen LogP contribution >= 0.6 is 22.9 Å². The van der Waals surface area contributed by atoms with E-state index in [1.807, 2.05) is 5.38 Å². The smallest absolute Gasteiger partial charge is 0.324 e. The number of methoxy groups -OCH3 is 1. The van der Waals surface area contributed by atoms with Gasteiger partial charge in [0.05, 0.1) is 12.1 Å². The van der Waals surface area contributed by atoms with Crippen LogP contribution in [0.3, 0.4) is 0 Å². The molecule has 1 aromatic heterocycles. The van der Waals surface area contributed by atoms with Crippen LogP contribution in [-0.4, -0.2) is 32.6 Å². The monoisotopic (exact) mass is 375 g/mol. The summed E-state index contributed by atoms with van der Waals surface area (Å²) < 4.78 is 31.8. The Bertz CT molecular complexity index is 790. The summed E-state index contributed by atoms with van der Waals surface area (Å²) in [5.41, 5.74) is 0.795. The van der Waals surface area contributed by atoms with Crippen LogP contribution in [0.15, 0.2) is 39.9 Å². The van der Waals surface area contributed by atoms with Crippen LogP contribution in [0, 0.1) is 0 Å². The van der Waals surface area contributed by atoms with Crippen molar-refractivity contribution in [2.75, 3.05) is 7.11 Å². The van der Waals surface area contributed by atoms with Gasteiger partial charge >= 0.3 is 5.97 Å². The fourth-order valence-corrected chi connectivity index (χ4v) is 4.14. The predicted octanol–water partition coefficient (Wildman–Crippen LogP) is 2.17. The number of phenols is 1. The molecule has 6 nitrogen and oxygen atoms in total. The fraction of sp³-hybridized carbons (Fsp3) is 0.214. The third-order valence-electron chi connectivity index (χ3n) is 3.04. The van der Waals surface area contributed by atoms with Gasteiger partial charge in [-0.1, -0.05) is 17.7 Å². The van der Waals surface area contributed by atoms with Gasteiger partial charge in [0.1, 0.15) is 10.9 Å². The van der Waals surface area contributed by atoms with Gasteiger partial charge in [0, 0.05) is 6.42 Å². The van der Waals surface area contributed by atoms with Crippen LogP contribution in [0.4, 0.5) is 0 Å². The molecule has 1 aromatic carbocycles. The lowest BCUT2D eigenvalue weighted by molar-refractivity contribution is -0.142. The van der Waals surface area contributed by atoms with E-state index in [4.69, 9.17) is 11.6 Å². The van der Waals surface area contributed by atoms with Crippen LogP contribution in [-0.2, 0) is 26.0 Å². The number of nitrogens with one attached hydrogen (secondary N) is 1. The molecule has 2 aromatic rings. The van der Waals surface area contributed by atoms with Crippen LogP contribution in [0.5, 0.6) is 5.75 Å². The van der Waals surface area contributed by atoms with Crippen molar-refractivity contribution in [3.63, 3.8) is 0 Å². The number of esters is 1. The van der Waals surface area contributed by atoms with Gasteiger partial charge in [-0.05, 0) is 34.5 Å². The number of carbonyl (C=O) groups is 1. The van der Waals surface area contributed by atoms with Gasteiger partial charge in [0.15, 0.2) is 5.75 Å². The van der Waals surface area contributed by atoms with Crippen molar-refractivity contribution in [2.24, 2.45) is 0 Å². The van der Waals surface area contributed by atoms with Gasteiger partial charge in [0.25, 0.3) is 0 Å². The average molecular weight is 376 g/mol. The minimum absolute atomic E-state index is 0.0969. The molecule has 1 atom stereocenters. The molecule has 0 amide bonds. The Morgan fingerprint density at radius 2 is 2.17 bits per heavy atom. The molecule has 0 aliphatic carbocycles. The van der Waals surface area contributed by atoms with Crippen molar-refractivity contribution >= 4 is 38.9 Å². The van der Waals surface area contributed by atoms with E-state index in [1.54, 1.807) is 11.4 Å². The molecule has 2 rings (SSSR count). The van der Waals surface area contributed by atoms with Crippen LogP contribution in [0.2, 0.25) is 5.02 Å². The summed E-state index contributed by atoms with van der Waals surface area (Å²) in [6, 6.07) is 4.62. The number of hydrogen-bond donors (Lipinski definition) is 2. The summed E-state index contributed by atoms with van der Waals surface area (Å²) in [5, 5.41) is 13.4. The predicted molar refractivity (Wildman–Crippen MR) is 87.3 cm³/mol. The first kappa shape index (κ1) is 17.7. The number of phenolic OH excluding ortho intramolecular Hbond substituents is 1. The molecule has 0 saturated heterocycles. The van der Waals surface area contributed by atoms with Crippen LogP contribution in [0.1, 0.15) is 5.56 Å². The number of ether oxygens (including phenoxy) is 1. The van der Waals surface area contributed by atoms with Crippen LogP contribution < -0.4 is 4.72 Å². The summed E-state index contributed by atoms with van der Waals surface area (Å²) in [7, 11) is -2.98. The highest BCUT2D eigenvalue weighted by molar-refractivity contribution is 7.89. The third kappa shape index (κ3) is 4.23. The number of halogens is 1. The first-order valence-electron chi connectivity index (χ1n) is 6.44. The molecule has 9 heteroatoms. The van der Waals surface area contributed by atoms with E-state index in [1.165, 1.54) is 36.6 Å². The molecule has 124 valence electrons. The summed E-state index contributed by atoms with van der Waals surface area (Å²) in [6.07, 6.45) is 0.136. The first-order valence-corrected chi connectivity index (χ1v) is 9.24. The summed E-state index contributed by atoms with van der Waals surface area (Å²) in [5.74, 6) is -1.29. The second kappa shape index (κ2) is 7.31. The number of benzene rings is 1. The van der Waals surface area contributed by atoms with Crippen molar-refractivity contribution < 1.29 is 23.1 Å². The number of para-hydroxylation sites is 1. The third-order valence-corrected chi connectivity index (χ3v) is 5.58. The summed E-state index contributed by atoms with van der Waals surface area (Å²) in [4.78, 5) is 11.5. The van der Waals surface area contributed by atoms with Gasteiger partial charge in [0.2, 0.25) is 10.0 Å². The van der Waals surface area contributed by atoms with Crippen molar-refractivity contribution in [1.82, 2.24) is 4.72 Å². The Labute approximate surface area is 142 Å². The number of carbonyl (C=O) groups excluding carboxylic acids is 1. The Balaban J connectivity index is 2.30. The average Bonchev–Trinajstić information content (AvgIpc) is 3.01. The molecule has 0 fully saturated rings. The molecule has 0 radical (unpaired) electrons. The molecular weight excluding hydrogens is 362 g/mol. The first-order chi connectivity index (χ1) is 10.8. The molecule has 0 aliphatic rings. The SMILES string of the molecule is COC(=O)C(Cc1ccsc1)NS(=O)(=O)c1cccc(Cl)c1O. The fourth-order valence-electron chi connectivity index (χ4n) is 1.92. The number of thiophene rings is 1. The number of aromatic hydroxyl groups is 1. The Kier molecular flexibility index (Phi) is 5.64. The van der Waals surface area contributed by atoms with Crippen LogP contribution in [0.25, 0.3) is 0 Å². The maximum absolute atomic E-state index is 12.4. The molecule has 23 heavy (non-hydrogen) atoms. The van der Waals surface area contributed by atoms with E-state index in [2.05, 4.69) is 9.46 Å². The quantitative estimate of drug-likeness (QED) is 0.755. The lowest BCUT2D eigenvalue weighted by atomic mass is 10.1. The topological polar surface area (TPSA) is 92.7 Å². The van der Waals surface area contributed by atoms with Crippen molar-refractivity contribution in [2.45, 2.75) is 17.4 Å². The Morgan fingerprint density at radius 1 is 1.43 bits per heavy atom. The number of hydrogen-bond acceptors (Lipinski definition) is 6. The van der Waals surface area contributed by atoms with E-state index >= 15 is 0 Å². The Morgan fingerprint density at radius 3 is 2.78 bits per heavy atom. The van der Waals surface area contributed by atoms with E-state index in [9.17, 15) is 18.3 Å². The zero-order valence-electron chi connectivity index (χ0n) is 12.0. The number of rotatable bonds is 6. The van der Waals surface area contributed by atoms with Crippen molar-refractivity contribution in [3.8, 4) is 5.75 Å². The molecule has 2 N–H and O–H groups in total. The summed E-state index contributed by atoms with van der Waals surface area (Å²) in [6.45, 7) is 0. The van der Waals surface area contributed by atoms with E-state index in [-0.39, 0.29) is 11.4 Å². The van der Waals surface area contributed by atoms with Gasteiger partial charge in [-0.3, -0.25) is 4.79 Å². The zero-order valence-corrected chi connectivity index (χ0v) is 14.4. The largest absolute Gasteiger partial charge is 0.505 e. The van der Waals surface area contributed by atoms with E-state index in [0.717, 1.165) is 5.56 Å². The van der Waals surface area contributed by atoms with E-state index in [0.29, 0.717) is 0 Å². The lowest BCUT2D eigenvalue weighted by Crippen LogP contribution is -2.42. The standard InChI is InChI=1S/C14H14ClNO5S2/c1-21-14(18)11(7-9-5-6-22-8-9)16-23(19,20)12-4-2-3-10(15)13(12)17/h2-6,8,11,16-17H,7H2,1H3. The number of sulfonamides is 1. The second-order valence-electron chi connectivity index (χ2n) is 4.62. The van der Waals surface area contributed by atoms with Gasteiger partial charge in [-0.15, -0.1) is 0 Å². The molecule has 1 unspecified atom stereocenters.